The summed E-state index contributed by atoms with van der Waals surface area (Å²) in [5.41, 5.74) is 2.52. The molecule has 0 unspecified atom stereocenters. The normalized spacial score (nSPS) is 46.1. The van der Waals surface area contributed by atoms with Gasteiger partial charge in [0.25, 0.3) is 0 Å². The predicted molar refractivity (Wildman–Crippen MR) is 94.1 cm³/mol. The van der Waals surface area contributed by atoms with Crippen LogP contribution in [0.25, 0.3) is 0 Å². The van der Waals surface area contributed by atoms with Crippen molar-refractivity contribution >= 4 is 5.69 Å². The van der Waals surface area contributed by atoms with E-state index in [1.807, 2.05) is 0 Å². The fourth-order valence-electron chi connectivity index (χ4n) is 7.00. The summed E-state index contributed by atoms with van der Waals surface area (Å²) >= 11 is 0. The van der Waals surface area contributed by atoms with Gasteiger partial charge in [0.2, 0.25) is 0 Å². The van der Waals surface area contributed by atoms with Gasteiger partial charge in [-0.1, -0.05) is 31.5 Å². The first kappa shape index (κ1) is 15.2. The molecule has 1 aromatic carbocycles. The number of hydrogen-bond acceptors (Lipinski definition) is 4. The van der Waals surface area contributed by atoms with Crippen molar-refractivity contribution in [3.8, 4) is 0 Å². The van der Waals surface area contributed by atoms with E-state index in [9.17, 15) is 10.2 Å². The highest BCUT2D eigenvalue weighted by atomic mass is 16.3. The molecule has 1 aromatic rings. The van der Waals surface area contributed by atoms with Gasteiger partial charge >= 0.3 is 0 Å². The largest absolute Gasteiger partial charge is 0.396 e. The first-order chi connectivity index (χ1) is 11.6. The quantitative estimate of drug-likeness (QED) is 0.787. The summed E-state index contributed by atoms with van der Waals surface area (Å²) in [6, 6.07) is 9.78. The van der Waals surface area contributed by atoms with E-state index in [0.29, 0.717) is 30.0 Å². The molecule has 130 valence electrons. The Balaban J connectivity index is 1.66. The average Bonchev–Trinajstić information content (AvgIpc) is 2.96. The van der Waals surface area contributed by atoms with Gasteiger partial charge in [-0.3, -0.25) is 0 Å². The third-order valence-corrected chi connectivity index (χ3v) is 7.84. The molecule has 3 N–H and O–H groups in total. The van der Waals surface area contributed by atoms with Crippen molar-refractivity contribution in [2.24, 2.45) is 17.8 Å². The molecule has 3 heterocycles. The molecule has 2 saturated heterocycles. The van der Waals surface area contributed by atoms with Crippen molar-refractivity contribution in [3.05, 3.63) is 29.8 Å². The van der Waals surface area contributed by atoms with Crippen LogP contribution in [-0.4, -0.2) is 48.1 Å². The van der Waals surface area contributed by atoms with Gasteiger partial charge in [-0.2, -0.15) is 0 Å². The molecule has 3 fully saturated rings. The van der Waals surface area contributed by atoms with Crippen LogP contribution in [0.15, 0.2) is 24.3 Å². The molecule has 0 radical (unpaired) electrons. The number of para-hydroxylation sites is 1. The Morgan fingerprint density at radius 2 is 2.12 bits per heavy atom. The van der Waals surface area contributed by atoms with Crippen LogP contribution in [0.5, 0.6) is 0 Å². The second kappa shape index (κ2) is 4.96. The number of aliphatic hydroxyl groups is 2. The van der Waals surface area contributed by atoms with E-state index in [2.05, 4.69) is 48.5 Å². The average molecular weight is 328 g/mol. The number of nitrogens with one attached hydrogen (secondary N) is 1. The van der Waals surface area contributed by atoms with Crippen LogP contribution in [0.2, 0.25) is 0 Å². The molecule has 1 aliphatic carbocycles. The van der Waals surface area contributed by atoms with E-state index in [4.69, 9.17) is 0 Å². The number of rotatable bonds is 3. The van der Waals surface area contributed by atoms with Crippen LogP contribution in [0, 0.1) is 17.8 Å². The highest BCUT2D eigenvalue weighted by molar-refractivity contribution is 5.67. The monoisotopic (exact) mass is 328 g/mol. The molecule has 0 aromatic heterocycles. The number of aliphatic hydroxyl groups excluding tert-OH is 2. The molecule has 4 heteroatoms. The topological polar surface area (TPSA) is 55.7 Å². The van der Waals surface area contributed by atoms with Gasteiger partial charge in [-0.25, -0.2) is 0 Å². The number of fused-ring (bicyclic) bond motifs is 3. The summed E-state index contributed by atoms with van der Waals surface area (Å²) < 4.78 is 0. The van der Waals surface area contributed by atoms with Gasteiger partial charge in [0.05, 0.1) is 12.1 Å². The van der Waals surface area contributed by atoms with Gasteiger partial charge in [0.1, 0.15) is 0 Å². The summed E-state index contributed by atoms with van der Waals surface area (Å²) in [4.78, 5) is 2.41. The van der Waals surface area contributed by atoms with Gasteiger partial charge < -0.3 is 20.4 Å². The van der Waals surface area contributed by atoms with Crippen LogP contribution in [-0.2, 0) is 5.41 Å². The Morgan fingerprint density at radius 3 is 2.88 bits per heavy atom. The first-order valence-corrected chi connectivity index (χ1v) is 9.50. The fraction of sp³-hybridized carbons (Fsp3) is 0.700. The highest BCUT2D eigenvalue weighted by Gasteiger charge is 2.70. The summed E-state index contributed by atoms with van der Waals surface area (Å²) in [7, 11) is 2.19. The Bertz CT molecular complexity index is 661. The Kier molecular flexibility index (Phi) is 3.14. The second-order valence-corrected chi connectivity index (χ2v) is 8.47. The number of nitrogens with zero attached hydrogens (tertiary/aromatic N) is 1. The molecule has 3 aliphatic heterocycles. The second-order valence-electron chi connectivity index (χ2n) is 8.47. The first-order valence-electron chi connectivity index (χ1n) is 9.50. The third kappa shape index (κ3) is 1.56. The zero-order valence-corrected chi connectivity index (χ0v) is 14.5. The maximum atomic E-state index is 11.6. The maximum absolute atomic E-state index is 11.6. The Morgan fingerprint density at radius 1 is 1.33 bits per heavy atom. The zero-order valence-electron chi connectivity index (χ0n) is 14.5. The van der Waals surface area contributed by atoms with Gasteiger partial charge in [0.15, 0.2) is 0 Å². The molecule has 4 aliphatic rings. The molecular formula is C20H28N2O2. The summed E-state index contributed by atoms with van der Waals surface area (Å²) in [5, 5.41) is 25.3. The van der Waals surface area contributed by atoms with E-state index in [0.717, 1.165) is 19.3 Å². The minimum Gasteiger partial charge on any atom is -0.396 e. The lowest BCUT2D eigenvalue weighted by atomic mass is 9.68. The predicted octanol–water partition coefficient (Wildman–Crippen LogP) is 1.50. The minimum atomic E-state index is -0.316. The number of benzene rings is 1. The van der Waals surface area contributed by atoms with Crippen LogP contribution >= 0.6 is 0 Å². The lowest BCUT2D eigenvalue weighted by Crippen LogP contribution is -2.64. The van der Waals surface area contributed by atoms with Crippen LogP contribution < -0.4 is 10.2 Å². The zero-order chi connectivity index (χ0) is 16.6. The molecule has 1 saturated carbocycles. The van der Waals surface area contributed by atoms with Crippen molar-refractivity contribution in [1.29, 1.82) is 0 Å². The van der Waals surface area contributed by atoms with Crippen molar-refractivity contribution in [2.75, 3.05) is 18.6 Å². The van der Waals surface area contributed by atoms with Crippen LogP contribution in [0.1, 0.15) is 31.7 Å². The minimum absolute atomic E-state index is 0.126. The lowest BCUT2D eigenvalue weighted by molar-refractivity contribution is 0.0178. The molecule has 4 nitrogen and oxygen atoms in total. The van der Waals surface area contributed by atoms with Crippen molar-refractivity contribution in [3.63, 3.8) is 0 Å². The molecule has 24 heavy (non-hydrogen) atoms. The van der Waals surface area contributed by atoms with E-state index >= 15 is 0 Å². The number of anilines is 1. The summed E-state index contributed by atoms with van der Waals surface area (Å²) in [5.74, 6) is 1.01. The smallest absolute Gasteiger partial charge is 0.0704 e. The third-order valence-electron chi connectivity index (χ3n) is 7.84. The molecule has 0 amide bonds. The Hall–Kier alpha value is -1.10. The van der Waals surface area contributed by atoms with E-state index < -0.39 is 0 Å². The van der Waals surface area contributed by atoms with Crippen LogP contribution in [0.3, 0.4) is 0 Å². The van der Waals surface area contributed by atoms with Gasteiger partial charge in [0, 0.05) is 42.8 Å². The SMILES string of the molecule is CC[C@H](CO)[C@@H]1C[C@@H]2N[C@H]3C[C@]4(c5ccccc5N(C)[C@@H]24)[C@H](O)[C@@H]13. The Labute approximate surface area is 143 Å². The molecule has 5 rings (SSSR count). The lowest BCUT2D eigenvalue weighted by Gasteiger charge is -2.49. The van der Waals surface area contributed by atoms with Crippen molar-refractivity contribution < 1.29 is 10.2 Å². The molecular weight excluding hydrogens is 300 g/mol. The summed E-state index contributed by atoms with van der Waals surface area (Å²) in [6.07, 6.45) is 2.78. The molecule has 8 atom stereocenters. The van der Waals surface area contributed by atoms with Gasteiger partial charge in [-0.05, 0) is 36.3 Å². The van der Waals surface area contributed by atoms with Crippen molar-refractivity contribution in [1.82, 2.24) is 5.32 Å². The van der Waals surface area contributed by atoms with E-state index in [-0.39, 0.29) is 24.0 Å². The highest BCUT2D eigenvalue weighted by Crippen LogP contribution is 2.63. The van der Waals surface area contributed by atoms with Crippen molar-refractivity contribution in [2.45, 2.75) is 55.8 Å². The van der Waals surface area contributed by atoms with Gasteiger partial charge in [-0.15, -0.1) is 0 Å². The molecule has 3 bridgehead atoms. The molecule has 1 spiro atoms. The number of hydrogen-bond donors (Lipinski definition) is 3. The number of piperidine rings is 2. The number of likely N-dealkylation sites (N-methyl/N-ethyl adjacent to an activating group) is 1. The standard InChI is InChI=1S/C20H28N2O2/c1-3-11(10-23)12-8-14-18-20(9-15(21-14)17(12)19(20)24)13-6-4-5-7-16(13)22(18)2/h4-7,11-12,14-15,17-19,21,23-24H,3,8-10H2,1-2H3/t11-,12+,14+,15+,17+,18+,19-,20-/m1/s1. The fourth-order valence-corrected chi connectivity index (χ4v) is 7.00. The van der Waals surface area contributed by atoms with E-state index in [1.54, 1.807) is 0 Å². The maximum Gasteiger partial charge on any atom is 0.0704 e. The van der Waals surface area contributed by atoms with E-state index in [1.165, 1.54) is 11.3 Å². The van der Waals surface area contributed by atoms with Crippen LogP contribution in [0.4, 0.5) is 5.69 Å². The summed E-state index contributed by atoms with van der Waals surface area (Å²) in [6.45, 7) is 2.41.